The van der Waals surface area contributed by atoms with Gasteiger partial charge in [-0.2, -0.15) is 5.10 Å². The molecule has 172 valence electrons. The number of aromatic nitrogens is 2. The number of amides is 1. The molecule has 0 aliphatic carbocycles. The summed E-state index contributed by atoms with van der Waals surface area (Å²) >= 11 is 18.6. The van der Waals surface area contributed by atoms with E-state index in [2.05, 4.69) is 10.4 Å². The molecule has 0 fully saturated rings. The fraction of sp³-hybridized carbons (Fsp3) is 0.0800. The van der Waals surface area contributed by atoms with Gasteiger partial charge in [-0.15, -0.1) is 0 Å². The summed E-state index contributed by atoms with van der Waals surface area (Å²) in [4.78, 5) is 24.8. The van der Waals surface area contributed by atoms with Gasteiger partial charge < -0.3 is 10.1 Å². The number of esters is 1. The minimum atomic E-state index is -0.458. The maximum Gasteiger partial charge on any atom is 0.337 e. The number of benzene rings is 3. The Morgan fingerprint density at radius 1 is 0.912 bits per heavy atom. The molecule has 0 bridgehead atoms. The maximum absolute atomic E-state index is 13.2. The molecule has 0 atom stereocenters. The van der Waals surface area contributed by atoms with Gasteiger partial charge in [-0.1, -0.05) is 46.9 Å². The summed E-state index contributed by atoms with van der Waals surface area (Å²) in [7, 11) is 1.31. The number of halogens is 3. The van der Waals surface area contributed by atoms with Crippen LogP contribution < -0.4 is 5.32 Å². The largest absolute Gasteiger partial charge is 0.465 e. The topological polar surface area (TPSA) is 73.2 Å². The van der Waals surface area contributed by atoms with E-state index in [0.29, 0.717) is 43.3 Å². The molecule has 6 nitrogen and oxygen atoms in total. The first-order valence-corrected chi connectivity index (χ1v) is 11.2. The molecular formula is C25H18Cl3N3O3. The molecular weight excluding hydrogens is 497 g/mol. The van der Waals surface area contributed by atoms with E-state index in [1.807, 2.05) is 19.1 Å². The number of anilines is 1. The van der Waals surface area contributed by atoms with Gasteiger partial charge in [-0.05, 0) is 61.5 Å². The summed E-state index contributed by atoms with van der Waals surface area (Å²) in [5.74, 6) is -0.873. The molecule has 4 rings (SSSR count). The molecule has 0 saturated heterocycles. The first-order valence-electron chi connectivity index (χ1n) is 10.1. The molecule has 34 heavy (non-hydrogen) atoms. The van der Waals surface area contributed by atoms with Crippen molar-refractivity contribution in [3.63, 3.8) is 0 Å². The van der Waals surface area contributed by atoms with Crippen molar-refractivity contribution in [1.29, 1.82) is 0 Å². The van der Waals surface area contributed by atoms with Crippen LogP contribution in [0, 0.1) is 6.92 Å². The lowest BCUT2D eigenvalue weighted by molar-refractivity contribution is 0.0600. The molecule has 0 radical (unpaired) electrons. The lowest BCUT2D eigenvalue weighted by Gasteiger charge is -2.11. The molecule has 1 amide bonds. The van der Waals surface area contributed by atoms with Crippen LogP contribution in [0.2, 0.25) is 15.1 Å². The van der Waals surface area contributed by atoms with Gasteiger partial charge in [0.1, 0.15) is 0 Å². The third-order valence-corrected chi connectivity index (χ3v) is 5.95. The Labute approximate surface area is 211 Å². The summed E-state index contributed by atoms with van der Waals surface area (Å²) in [6.07, 6.45) is 0. The van der Waals surface area contributed by atoms with Gasteiger partial charge in [0, 0.05) is 26.9 Å². The standard InChI is InChI=1S/C25H18Cl3N3O3/c1-14-22(24(32)29-19-10-5-16(6-11-19)25(33)34-2)30-31(21-12-9-18(27)13-20(21)28)23(14)15-3-7-17(26)8-4-15/h3-13H,1-2H3,(H,29,32). The van der Waals surface area contributed by atoms with Crippen LogP contribution in [0.4, 0.5) is 5.69 Å². The normalized spacial score (nSPS) is 10.7. The van der Waals surface area contributed by atoms with Crippen LogP contribution in [0.15, 0.2) is 66.7 Å². The van der Waals surface area contributed by atoms with E-state index in [-0.39, 0.29) is 5.69 Å². The molecule has 0 unspecified atom stereocenters. The zero-order chi connectivity index (χ0) is 24.4. The maximum atomic E-state index is 13.2. The van der Waals surface area contributed by atoms with Crippen LogP contribution in [0.25, 0.3) is 16.9 Å². The molecule has 0 aliphatic heterocycles. The van der Waals surface area contributed by atoms with E-state index in [9.17, 15) is 9.59 Å². The fourth-order valence-electron chi connectivity index (χ4n) is 3.48. The number of methoxy groups -OCH3 is 1. The molecule has 9 heteroatoms. The Hall–Kier alpha value is -3.32. The second kappa shape index (κ2) is 9.89. The third kappa shape index (κ3) is 4.80. The SMILES string of the molecule is COC(=O)c1ccc(NC(=O)c2nn(-c3ccc(Cl)cc3Cl)c(-c3ccc(Cl)cc3)c2C)cc1. The van der Waals surface area contributed by atoms with E-state index in [0.717, 1.165) is 5.56 Å². The Kier molecular flexibility index (Phi) is 6.93. The monoisotopic (exact) mass is 513 g/mol. The van der Waals surface area contributed by atoms with Crippen molar-refractivity contribution < 1.29 is 14.3 Å². The summed E-state index contributed by atoms with van der Waals surface area (Å²) in [5.41, 5.74) is 3.81. The number of ether oxygens (including phenoxy) is 1. The molecule has 0 saturated carbocycles. The Balaban J connectivity index is 1.76. The minimum Gasteiger partial charge on any atom is -0.465 e. The second-order valence-electron chi connectivity index (χ2n) is 7.36. The van der Waals surface area contributed by atoms with Crippen LogP contribution in [0.3, 0.4) is 0 Å². The van der Waals surface area contributed by atoms with Gasteiger partial charge >= 0.3 is 5.97 Å². The smallest absolute Gasteiger partial charge is 0.337 e. The van der Waals surface area contributed by atoms with E-state index < -0.39 is 11.9 Å². The Morgan fingerprint density at radius 2 is 1.56 bits per heavy atom. The van der Waals surface area contributed by atoms with Crippen molar-refractivity contribution in [3.8, 4) is 16.9 Å². The van der Waals surface area contributed by atoms with Crippen LogP contribution in [-0.2, 0) is 4.74 Å². The van der Waals surface area contributed by atoms with Gasteiger partial charge in [-0.3, -0.25) is 4.79 Å². The van der Waals surface area contributed by atoms with Crippen LogP contribution in [0.1, 0.15) is 26.4 Å². The Morgan fingerprint density at radius 3 is 2.18 bits per heavy atom. The highest BCUT2D eigenvalue weighted by molar-refractivity contribution is 6.35. The first kappa shape index (κ1) is 23.8. The van der Waals surface area contributed by atoms with Crippen LogP contribution in [0.5, 0.6) is 0 Å². The molecule has 0 spiro atoms. The number of rotatable bonds is 5. The van der Waals surface area contributed by atoms with Crippen molar-refractivity contribution in [2.75, 3.05) is 12.4 Å². The lowest BCUT2D eigenvalue weighted by atomic mass is 10.1. The predicted octanol–water partition coefficient (Wildman–Crippen LogP) is 6.85. The van der Waals surface area contributed by atoms with Gasteiger partial charge in [0.25, 0.3) is 5.91 Å². The van der Waals surface area contributed by atoms with Crippen LogP contribution >= 0.6 is 34.8 Å². The Bertz CT molecular complexity index is 1380. The van der Waals surface area contributed by atoms with Crippen molar-refractivity contribution in [2.24, 2.45) is 0 Å². The third-order valence-electron chi connectivity index (χ3n) is 5.16. The van der Waals surface area contributed by atoms with Gasteiger partial charge in [-0.25, -0.2) is 9.48 Å². The predicted molar refractivity (Wildman–Crippen MR) is 135 cm³/mol. The second-order valence-corrected chi connectivity index (χ2v) is 8.64. The highest BCUT2D eigenvalue weighted by atomic mass is 35.5. The zero-order valence-corrected chi connectivity index (χ0v) is 20.4. The minimum absolute atomic E-state index is 0.216. The zero-order valence-electron chi connectivity index (χ0n) is 18.1. The summed E-state index contributed by atoms with van der Waals surface area (Å²) in [6, 6.07) is 18.7. The van der Waals surface area contributed by atoms with E-state index in [1.54, 1.807) is 59.3 Å². The summed E-state index contributed by atoms with van der Waals surface area (Å²) in [5, 5.41) is 8.87. The first-order chi connectivity index (χ1) is 16.3. The number of hydrogen-bond donors (Lipinski definition) is 1. The van der Waals surface area contributed by atoms with E-state index >= 15 is 0 Å². The molecule has 1 N–H and O–H groups in total. The number of hydrogen-bond acceptors (Lipinski definition) is 4. The average Bonchev–Trinajstić information content (AvgIpc) is 3.16. The molecule has 0 aliphatic rings. The quantitative estimate of drug-likeness (QED) is 0.296. The van der Waals surface area contributed by atoms with Crippen molar-refractivity contribution in [1.82, 2.24) is 9.78 Å². The molecule has 1 heterocycles. The molecule has 3 aromatic carbocycles. The highest BCUT2D eigenvalue weighted by Gasteiger charge is 2.23. The van der Waals surface area contributed by atoms with Crippen LogP contribution in [-0.4, -0.2) is 28.8 Å². The molecule has 1 aromatic heterocycles. The van der Waals surface area contributed by atoms with E-state index in [1.165, 1.54) is 7.11 Å². The summed E-state index contributed by atoms with van der Waals surface area (Å²) < 4.78 is 6.32. The van der Waals surface area contributed by atoms with Crippen molar-refractivity contribution in [3.05, 3.63) is 98.6 Å². The number of carbonyl (C=O) groups excluding carboxylic acids is 2. The van der Waals surface area contributed by atoms with Gasteiger partial charge in [0.2, 0.25) is 0 Å². The van der Waals surface area contributed by atoms with Gasteiger partial charge in [0.15, 0.2) is 5.69 Å². The van der Waals surface area contributed by atoms with Crippen molar-refractivity contribution >= 4 is 52.4 Å². The fourth-order valence-corrected chi connectivity index (χ4v) is 4.10. The number of carbonyl (C=O) groups is 2. The molecule has 4 aromatic rings. The number of nitrogens with zero attached hydrogens (tertiary/aromatic N) is 2. The summed E-state index contributed by atoms with van der Waals surface area (Å²) in [6.45, 7) is 1.81. The van der Waals surface area contributed by atoms with Gasteiger partial charge in [0.05, 0.1) is 29.1 Å². The highest BCUT2D eigenvalue weighted by Crippen LogP contribution is 2.33. The lowest BCUT2D eigenvalue weighted by Crippen LogP contribution is -2.14. The van der Waals surface area contributed by atoms with E-state index in [4.69, 9.17) is 39.5 Å². The average molecular weight is 515 g/mol. The van der Waals surface area contributed by atoms with Crippen molar-refractivity contribution in [2.45, 2.75) is 6.92 Å². The number of nitrogens with one attached hydrogen (secondary N) is 1.